The number of aromatic carboxylic acids is 1. The molecule has 4 unspecified atom stereocenters. The lowest BCUT2D eigenvalue weighted by Gasteiger charge is -2.16. The summed E-state index contributed by atoms with van der Waals surface area (Å²) in [5, 5.41) is 34.8. The van der Waals surface area contributed by atoms with Crippen molar-refractivity contribution >= 4 is 129 Å². The van der Waals surface area contributed by atoms with Gasteiger partial charge in [0.05, 0.1) is 21.7 Å². The van der Waals surface area contributed by atoms with Crippen LogP contribution in [-0.2, 0) is 70.1 Å². The molecule has 4 aliphatic heterocycles. The first-order valence-electron chi connectivity index (χ1n) is 39.7. The Morgan fingerprint density at radius 2 is 0.841 bits per heavy atom. The molecule has 0 fully saturated rings. The van der Waals surface area contributed by atoms with E-state index in [4.69, 9.17) is 23.9 Å². The van der Waals surface area contributed by atoms with Crippen LogP contribution in [0.4, 0.5) is 17.1 Å². The number of sulfonamides is 1. The van der Waals surface area contributed by atoms with E-state index in [0.717, 1.165) is 82.3 Å². The number of nitro benzene ring substituents is 1. The van der Waals surface area contributed by atoms with Gasteiger partial charge in [-0.2, -0.15) is 8.42 Å². The van der Waals surface area contributed by atoms with Gasteiger partial charge in [-0.1, -0.05) is 170 Å². The highest BCUT2D eigenvalue weighted by Crippen LogP contribution is 2.51. The Kier molecular flexibility index (Phi) is 25.0. The minimum atomic E-state index is -3.90. The summed E-state index contributed by atoms with van der Waals surface area (Å²) in [5.41, 5.74) is 4.16. The number of anilines is 2. The van der Waals surface area contributed by atoms with E-state index in [1.54, 1.807) is 85.9 Å². The van der Waals surface area contributed by atoms with Crippen LogP contribution in [-0.4, -0.2) is 63.5 Å². The number of nitrogens with one attached hydrogen (secondary N) is 1. The third kappa shape index (κ3) is 17.5. The van der Waals surface area contributed by atoms with Crippen molar-refractivity contribution in [3.8, 4) is 27.9 Å². The van der Waals surface area contributed by atoms with Crippen molar-refractivity contribution in [2.45, 2.75) is 75.0 Å². The standard InChI is InChI=1S/C24H17O4S2.C20H13NO3S.C20H17OS.C19H12NO4S.C19H16NO2S2/c25-30(26)24-13-7-6-12-23(24)29(22-11-5-4-10-21(22)28-30)20-16-14-19(15-17-20)27-18-8-2-1-3-9-18;22-19-15-5-1-3-7-17(15)25(18-8-4-2-6-16(18)21-19)14-11-9-13(10-12-14)20(23)24;21-14-13-15-9-11-16(12-10-15)22-19-7-3-1-5-17(19)18-6-2-4-8-20(18)22;21-19-15-5-1-3-7-17(15)25(18-8-4-2-6-16(18)24-19)14-11-9-13(10-12-14)20(22)23;1-20-16-11-5-6-12-17(16)23(15-9-3-2-4-10-15)18-13-7-8-14-19(18)24(20,21)22/h1-17H;1-12H,(H-,21,22,23,24);1-12,21H,13-14H2;1-12H;2-14H,1H3/q+1;;3*+1/p+1. The van der Waals surface area contributed by atoms with Gasteiger partial charge in [0.2, 0.25) is 9.79 Å². The van der Waals surface area contributed by atoms with Crippen LogP contribution in [0.5, 0.6) is 23.0 Å². The predicted molar refractivity (Wildman–Crippen MR) is 498 cm³/mol. The van der Waals surface area contributed by atoms with Crippen molar-refractivity contribution in [2.24, 2.45) is 0 Å². The number of non-ortho nitro benzene ring substituents is 1. The molecule has 0 saturated heterocycles. The Bertz CT molecular complexity index is 6980. The molecular formula is C102H76N3O14S7+5. The van der Waals surface area contributed by atoms with Crippen molar-refractivity contribution in [3.63, 3.8) is 0 Å². The van der Waals surface area contributed by atoms with E-state index in [0.29, 0.717) is 33.3 Å². The number of nitro groups is 1. The van der Waals surface area contributed by atoms with Crippen LogP contribution in [0.2, 0.25) is 0 Å². The molecule has 5 heterocycles. The topological polar surface area (TPSA) is 246 Å². The number of carboxylic acid groups (broad SMARTS) is 1. The number of carbonyl (C=O) groups is 3. The molecule has 4 aliphatic rings. The van der Waals surface area contributed by atoms with E-state index in [1.165, 1.54) is 47.1 Å². The molecule has 21 rings (SSSR count). The Morgan fingerprint density at radius 1 is 0.421 bits per heavy atom. The fourth-order valence-electron chi connectivity index (χ4n) is 14.9. The van der Waals surface area contributed by atoms with Crippen molar-refractivity contribution in [3.05, 3.63) is 433 Å². The zero-order chi connectivity index (χ0) is 87.0. The summed E-state index contributed by atoms with van der Waals surface area (Å²) >= 11 is 0. The number of hydrogen-bond donors (Lipinski definition) is 3. The maximum Gasteiger partial charge on any atom is 0.348 e. The molecule has 24 heteroatoms. The van der Waals surface area contributed by atoms with Crippen LogP contribution in [0, 0.1) is 10.1 Å². The number of hydrogen-bond acceptors (Lipinski definition) is 13. The second-order valence-corrected chi connectivity index (χ2v) is 41.8. The number of fused-ring (bicyclic) bond motifs is 11. The smallest absolute Gasteiger partial charge is 0.348 e. The summed E-state index contributed by atoms with van der Waals surface area (Å²) in [6, 6.07) is 126. The van der Waals surface area contributed by atoms with Gasteiger partial charge >= 0.3 is 22.1 Å². The monoisotopic (exact) mass is 1790 g/mol. The Morgan fingerprint density at radius 3 is 1.45 bits per heavy atom. The largest absolute Gasteiger partial charge is 0.478 e. The first kappa shape index (κ1) is 84.4. The van der Waals surface area contributed by atoms with Gasteiger partial charge < -0.3 is 29.2 Å². The number of para-hydroxylation sites is 5. The highest BCUT2D eigenvalue weighted by Gasteiger charge is 2.46. The number of amides is 1. The number of benzene rings is 16. The van der Waals surface area contributed by atoms with E-state index >= 15 is 0 Å². The third-order valence-electron chi connectivity index (χ3n) is 20.7. The van der Waals surface area contributed by atoms with Gasteiger partial charge in [-0.05, 0) is 218 Å². The van der Waals surface area contributed by atoms with Gasteiger partial charge in [0.25, 0.3) is 21.6 Å². The molecule has 0 spiro atoms. The molecule has 16 aromatic carbocycles. The van der Waals surface area contributed by atoms with Gasteiger partial charge in [-0.25, -0.2) is 18.0 Å². The first-order valence-corrected chi connectivity index (χ1v) is 48.6. The number of thiophene rings is 1. The highest BCUT2D eigenvalue weighted by molar-refractivity contribution is 8.00. The molecule has 0 saturated carbocycles. The zero-order valence-electron chi connectivity index (χ0n) is 67.1. The zero-order valence-corrected chi connectivity index (χ0v) is 72.8. The van der Waals surface area contributed by atoms with Crippen LogP contribution in [0.25, 0.3) is 25.1 Å². The van der Waals surface area contributed by atoms with Gasteiger partial charge in [0.1, 0.15) is 71.2 Å². The second kappa shape index (κ2) is 37.3. The van der Waals surface area contributed by atoms with Crippen LogP contribution < -0.4 is 23.3 Å². The number of rotatable bonds is 11. The summed E-state index contributed by atoms with van der Waals surface area (Å²) in [7, 11) is -8.04. The summed E-state index contributed by atoms with van der Waals surface area (Å²) in [4.78, 5) is 59.7. The second-order valence-electron chi connectivity index (χ2n) is 28.5. The number of ether oxygens (including phenoxy) is 2. The van der Waals surface area contributed by atoms with Gasteiger partial charge in [-0.15, -0.1) is 0 Å². The van der Waals surface area contributed by atoms with E-state index in [9.17, 15) is 41.3 Å². The lowest BCUT2D eigenvalue weighted by molar-refractivity contribution is -0.384. The van der Waals surface area contributed by atoms with E-state index in [-0.39, 0.29) is 45.1 Å². The quantitative estimate of drug-likeness (QED) is 0.0272. The lowest BCUT2D eigenvalue weighted by atomic mass is 10.2. The fraction of sp³-hybridized carbons (Fsp3) is 0.0294. The highest BCUT2D eigenvalue weighted by atomic mass is 32.2. The van der Waals surface area contributed by atoms with Crippen LogP contribution in [0.15, 0.2) is 469 Å². The Hall–Kier alpha value is -13.8. The van der Waals surface area contributed by atoms with Gasteiger partial charge in [-0.3, -0.25) is 19.2 Å². The molecular weight excluding hydrogens is 1720 g/mol. The van der Waals surface area contributed by atoms with Crippen LogP contribution >= 0.6 is 10.5 Å². The molecule has 4 atom stereocenters. The predicted octanol–water partition coefficient (Wildman–Crippen LogP) is 23.1. The van der Waals surface area contributed by atoms with E-state index in [2.05, 4.69) is 90.2 Å². The van der Waals surface area contributed by atoms with Crippen LogP contribution in [0.3, 0.4) is 0 Å². The third-order valence-corrected chi connectivity index (χ3v) is 35.8. The van der Waals surface area contributed by atoms with Crippen molar-refractivity contribution in [2.75, 3.05) is 23.3 Å². The Balaban J connectivity index is 0.000000112. The maximum absolute atomic E-state index is 13.1. The molecule has 1 amide bonds. The minimum Gasteiger partial charge on any atom is -0.478 e. The summed E-state index contributed by atoms with van der Waals surface area (Å²) in [5.74, 6) is 0.895. The van der Waals surface area contributed by atoms with Crippen LogP contribution in [0.1, 0.15) is 36.6 Å². The molecule has 620 valence electrons. The number of aliphatic hydroxyl groups is 1. The summed E-state index contributed by atoms with van der Waals surface area (Å²) in [6.07, 6.45) is 0.723. The Labute approximate surface area is 742 Å². The molecule has 0 bridgehead atoms. The maximum atomic E-state index is 13.1. The number of carbonyl (C=O) groups excluding carboxylic acids is 2. The first-order chi connectivity index (χ1) is 61.4. The van der Waals surface area contributed by atoms with Crippen molar-refractivity contribution < 1.29 is 60.0 Å². The molecule has 17 aromatic rings. The fourth-order valence-corrected chi connectivity index (χ4v) is 29.8. The number of aliphatic hydroxyl groups excluding tert-OH is 1. The van der Waals surface area contributed by atoms with Gasteiger partial charge in [0.15, 0.2) is 79.6 Å². The van der Waals surface area contributed by atoms with Gasteiger partial charge in [0, 0.05) is 59.2 Å². The van der Waals surface area contributed by atoms with Crippen molar-refractivity contribution in [1.82, 2.24) is 0 Å². The number of esters is 1. The number of nitrogens with zero attached hydrogens (tertiary/aromatic N) is 2. The number of carboxylic acids is 1. The normalized spacial score (nSPS) is 15.6. The average Bonchev–Trinajstić information content (AvgIpc) is 1.59. The molecule has 126 heavy (non-hydrogen) atoms. The summed E-state index contributed by atoms with van der Waals surface area (Å²) < 4.78 is 73.1. The average molecular weight is 1790 g/mol. The van der Waals surface area contributed by atoms with Crippen molar-refractivity contribution in [1.29, 1.82) is 0 Å². The molecule has 0 aliphatic carbocycles. The van der Waals surface area contributed by atoms with E-state index < -0.39 is 74.6 Å². The lowest BCUT2D eigenvalue weighted by Crippen LogP contribution is -2.26. The SMILES string of the molecule is CN1c2ccccc2[S+](c2ccccc2)c2ccccc2S1(=O)=O.O=C(O)c1ccc([S+]2c3ccccc3NC(=O)c3ccccc32)cc1.O=C1Oc2ccccc2[S+](c2ccc([N+](=O)[O-])cc2)c2ccccc21.O=S1(=O)Oc2ccccc2[S+](c2ccc(Oc3ccccc3)cc2)c2ccccc21.OCCc1ccc(-[s+]2c3ccccc3c3ccccc32)cc1. The molecule has 3 N–H and O–H groups in total. The molecule has 1 aromatic heterocycles. The summed E-state index contributed by atoms with van der Waals surface area (Å²) in [6.45, 7) is 0.205. The van der Waals surface area contributed by atoms with E-state index in [1.807, 2.05) is 224 Å². The molecule has 0 radical (unpaired) electrons. The minimum absolute atomic E-state index is 0.0153. The molecule has 17 nitrogen and oxygen atoms in total.